The van der Waals surface area contributed by atoms with Crippen LogP contribution in [0.4, 0.5) is 0 Å². The molecule has 0 atom stereocenters. The van der Waals surface area contributed by atoms with Gasteiger partial charge in [0.2, 0.25) is 11.8 Å². The summed E-state index contributed by atoms with van der Waals surface area (Å²) in [4.78, 5) is 20.3. The third-order valence-corrected chi connectivity index (χ3v) is 7.31. The Morgan fingerprint density at radius 2 is 2.03 bits per heavy atom. The molecular weight excluding hydrogens is 416 g/mol. The molecule has 1 aliphatic rings. The van der Waals surface area contributed by atoms with Crippen molar-refractivity contribution in [3.8, 4) is 11.5 Å². The van der Waals surface area contributed by atoms with Gasteiger partial charge < -0.3 is 4.42 Å². The van der Waals surface area contributed by atoms with Crippen LogP contribution in [0.1, 0.15) is 29.2 Å². The van der Waals surface area contributed by atoms with Gasteiger partial charge in [-0.15, -0.1) is 28.1 Å². The zero-order valence-electron chi connectivity index (χ0n) is 16.3. The number of benzene rings is 1. The van der Waals surface area contributed by atoms with Crippen molar-refractivity contribution >= 4 is 33.3 Å². The quantitative estimate of drug-likeness (QED) is 0.244. The standard InChI is InChI=1S/C22H20N4O2S2/c1-2-12-26-21(27)18-15-10-6-7-11-16(15)30-20(18)23-22(26)29-13-17-24-25-19(28-17)14-8-4-3-5-9-14/h2-5,8-9H,1,6-7,10-13H2. The molecule has 30 heavy (non-hydrogen) atoms. The van der Waals surface area contributed by atoms with Crippen LogP contribution in [0.25, 0.3) is 21.7 Å². The van der Waals surface area contributed by atoms with Crippen LogP contribution in [0, 0.1) is 0 Å². The highest BCUT2D eigenvalue weighted by Crippen LogP contribution is 2.35. The molecule has 0 radical (unpaired) electrons. The second-order valence-corrected chi connectivity index (χ2v) is 9.17. The smallest absolute Gasteiger partial charge is 0.263 e. The largest absolute Gasteiger partial charge is 0.420 e. The first-order valence-corrected chi connectivity index (χ1v) is 11.7. The number of rotatable bonds is 6. The highest BCUT2D eigenvalue weighted by atomic mass is 32.2. The van der Waals surface area contributed by atoms with Crippen molar-refractivity contribution in [3.05, 3.63) is 69.7 Å². The first-order valence-electron chi connectivity index (χ1n) is 9.91. The second-order valence-electron chi connectivity index (χ2n) is 7.15. The third-order valence-electron chi connectivity index (χ3n) is 5.16. The molecule has 5 rings (SSSR count). The number of thiophene rings is 1. The van der Waals surface area contributed by atoms with Crippen molar-refractivity contribution in [2.75, 3.05) is 0 Å². The number of nitrogens with zero attached hydrogens (tertiary/aromatic N) is 4. The van der Waals surface area contributed by atoms with Gasteiger partial charge in [-0.3, -0.25) is 9.36 Å². The molecular formula is C22H20N4O2S2. The van der Waals surface area contributed by atoms with E-state index in [1.54, 1.807) is 22.0 Å². The minimum Gasteiger partial charge on any atom is -0.420 e. The Morgan fingerprint density at radius 1 is 1.20 bits per heavy atom. The molecule has 0 spiro atoms. The molecule has 1 aromatic carbocycles. The molecule has 8 heteroatoms. The van der Waals surface area contributed by atoms with E-state index >= 15 is 0 Å². The summed E-state index contributed by atoms with van der Waals surface area (Å²) < 4.78 is 7.50. The fourth-order valence-electron chi connectivity index (χ4n) is 3.76. The Kier molecular flexibility index (Phi) is 5.26. The van der Waals surface area contributed by atoms with Crippen LogP contribution >= 0.6 is 23.1 Å². The molecule has 152 valence electrons. The number of hydrogen-bond donors (Lipinski definition) is 0. The van der Waals surface area contributed by atoms with Gasteiger partial charge in [0, 0.05) is 17.0 Å². The monoisotopic (exact) mass is 436 g/mol. The van der Waals surface area contributed by atoms with Crippen molar-refractivity contribution in [2.24, 2.45) is 0 Å². The first kappa shape index (κ1) is 19.3. The van der Waals surface area contributed by atoms with Gasteiger partial charge in [-0.25, -0.2) is 4.98 Å². The van der Waals surface area contributed by atoms with Gasteiger partial charge in [-0.05, 0) is 43.4 Å². The fourth-order valence-corrected chi connectivity index (χ4v) is 5.90. The van der Waals surface area contributed by atoms with Crippen molar-refractivity contribution in [2.45, 2.75) is 43.1 Å². The molecule has 6 nitrogen and oxygen atoms in total. The van der Waals surface area contributed by atoms with Gasteiger partial charge in [-0.1, -0.05) is 36.0 Å². The van der Waals surface area contributed by atoms with Crippen molar-refractivity contribution in [3.63, 3.8) is 0 Å². The van der Waals surface area contributed by atoms with E-state index in [0.29, 0.717) is 29.2 Å². The Morgan fingerprint density at radius 3 is 2.87 bits per heavy atom. The lowest BCUT2D eigenvalue weighted by Crippen LogP contribution is -2.23. The Hall–Kier alpha value is -2.71. The molecule has 0 aliphatic heterocycles. The molecule has 0 N–H and O–H groups in total. The third kappa shape index (κ3) is 3.50. The van der Waals surface area contributed by atoms with Crippen LogP contribution < -0.4 is 5.56 Å². The normalized spacial score (nSPS) is 13.5. The summed E-state index contributed by atoms with van der Waals surface area (Å²) in [6.45, 7) is 4.24. The summed E-state index contributed by atoms with van der Waals surface area (Å²) in [5.41, 5.74) is 2.11. The number of aromatic nitrogens is 4. The summed E-state index contributed by atoms with van der Waals surface area (Å²) in [7, 11) is 0. The van der Waals surface area contributed by atoms with Gasteiger partial charge in [0.1, 0.15) is 4.83 Å². The zero-order chi connectivity index (χ0) is 20.5. The Balaban J connectivity index is 1.47. The number of thioether (sulfide) groups is 1. The van der Waals surface area contributed by atoms with E-state index in [9.17, 15) is 4.79 Å². The summed E-state index contributed by atoms with van der Waals surface area (Å²) in [6.07, 6.45) is 6.07. The zero-order valence-corrected chi connectivity index (χ0v) is 18.0. The van der Waals surface area contributed by atoms with Crippen molar-refractivity contribution in [1.29, 1.82) is 0 Å². The van der Waals surface area contributed by atoms with E-state index < -0.39 is 0 Å². The summed E-state index contributed by atoms with van der Waals surface area (Å²) in [5, 5.41) is 9.74. The Bertz CT molecular complexity index is 1270. The van der Waals surface area contributed by atoms with Crippen LogP contribution in [0.2, 0.25) is 0 Å². The van der Waals surface area contributed by atoms with E-state index in [4.69, 9.17) is 9.40 Å². The van der Waals surface area contributed by atoms with E-state index in [1.165, 1.54) is 28.6 Å². The molecule has 0 unspecified atom stereocenters. The van der Waals surface area contributed by atoms with Gasteiger partial charge in [0.25, 0.3) is 5.56 Å². The van der Waals surface area contributed by atoms with Crippen LogP contribution in [0.15, 0.2) is 57.4 Å². The topological polar surface area (TPSA) is 73.8 Å². The lowest BCUT2D eigenvalue weighted by molar-refractivity contribution is 0.528. The van der Waals surface area contributed by atoms with Gasteiger partial charge in [0.15, 0.2) is 5.16 Å². The molecule has 1 aliphatic carbocycles. The Labute approximate surface area is 181 Å². The molecule has 3 aromatic heterocycles. The molecule has 0 fully saturated rings. The highest BCUT2D eigenvalue weighted by Gasteiger charge is 2.22. The molecule has 0 amide bonds. The first-order chi connectivity index (χ1) is 14.7. The lowest BCUT2D eigenvalue weighted by Gasteiger charge is -2.12. The number of hydrogen-bond acceptors (Lipinski definition) is 7. The average molecular weight is 437 g/mol. The minimum absolute atomic E-state index is 0.0253. The number of allylic oxidation sites excluding steroid dienone is 1. The minimum atomic E-state index is 0.0253. The van der Waals surface area contributed by atoms with E-state index in [2.05, 4.69) is 16.8 Å². The van der Waals surface area contributed by atoms with Crippen LogP contribution in [0.5, 0.6) is 0 Å². The second kappa shape index (κ2) is 8.20. The predicted octanol–water partition coefficient (Wildman–Crippen LogP) is 4.87. The van der Waals surface area contributed by atoms with Crippen molar-refractivity contribution < 1.29 is 4.42 Å². The molecule has 0 saturated carbocycles. The summed E-state index contributed by atoms with van der Waals surface area (Å²) >= 11 is 3.10. The van der Waals surface area contributed by atoms with Gasteiger partial charge in [-0.2, -0.15) is 0 Å². The van der Waals surface area contributed by atoms with Crippen LogP contribution in [-0.2, 0) is 25.1 Å². The van der Waals surface area contributed by atoms with Crippen LogP contribution in [0.3, 0.4) is 0 Å². The maximum Gasteiger partial charge on any atom is 0.263 e. The number of fused-ring (bicyclic) bond motifs is 3. The van der Waals surface area contributed by atoms with E-state index in [0.717, 1.165) is 35.0 Å². The highest BCUT2D eigenvalue weighted by molar-refractivity contribution is 7.98. The van der Waals surface area contributed by atoms with E-state index in [-0.39, 0.29) is 5.56 Å². The van der Waals surface area contributed by atoms with Crippen molar-refractivity contribution in [1.82, 2.24) is 19.7 Å². The molecule has 0 saturated heterocycles. The average Bonchev–Trinajstić information content (AvgIpc) is 3.40. The van der Waals surface area contributed by atoms with Gasteiger partial charge >= 0.3 is 0 Å². The molecule has 4 aromatic rings. The molecule has 3 heterocycles. The predicted molar refractivity (Wildman–Crippen MR) is 120 cm³/mol. The van der Waals surface area contributed by atoms with E-state index in [1.807, 2.05) is 30.3 Å². The van der Waals surface area contributed by atoms with Crippen LogP contribution in [-0.4, -0.2) is 19.7 Å². The maximum atomic E-state index is 13.3. The fraction of sp³-hybridized carbons (Fsp3) is 0.273. The SMILES string of the molecule is C=CCn1c(SCc2nnc(-c3ccccc3)o2)nc2sc3c(c2c1=O)CCCC3. The lowest BCUT2D eigenvalue weighted by atomic mass is 9.97. The maximum absolute atomic E-state index is 13.3. The molecule has 0 bridgehead atoms. The summed E-state index contributed by atoms with van der Waals surface area (Å²) in [5.74, 6) is 1.44. The number of aryl methyl sites for hydroxylation is 2. The summed E-state index contributed by atoms with van der Waals surface area (Å²) in [6, 6.07) is 9.67. The van der Waals surface area contributed by atoms with Gasteiger partial charge in [0.05, 0.1) is 11.1 Å².